The zero-order chi connectivity index (χ0) is 14.4. The van der Waals surface area contributed by atoms with Crippen molar-refractivity contribution in [2.75, 3.05) is 38.7 Å². The van der Waals surface area contributed by atoms with Gasteiger partial charge in [0.1, 0.15) is 13.2 Å². The third kappa shape index (κ3) is 3.86. The van der Waals surface area contributed by atoms with Crippen LogP contribution in [-0.2, 0) is 9.59 Å². The van der Waals surface area contributed by atoms with E-state index in [0.717, 1.165) is 0 Å². The van der Waals surface area contributed by atoms with Gasteiger partial charge in [-0.05, 0) is 12.1 Å². The molecule has 1 heterocycles. The Hall–Kier alpha value is -2.28. The van der Waals surface area contributed by atoms with Gasteiger partial charge in [0, 0.05) is 18.8 Å². The average molecular weight is 280 g/mol. The normalized spacial score (nSPS) is 12.7. The number of nitrogens with two attached hydrogens (primary N) is 1. The molecular weight excluding hydrogens is 262 g/mol. The molecule has 2 amide bonds. The number of anilines is 1. The molecule has 4 N–H and O–H groups in total. The lowest BCUT2D eigenvalue weighted by atomic mass is 10.2. The summed E-state index contributed by atoms with van der Waals surface area (Å²) in [6.07, 6.45) is 0. The summed E-state index contributed by atoms with van der Waals surface area (Å²) in [6.45, 7) is 1.45. The third-order valence-corrected chi connectivity index (χ3v) is 2.76. The number of fused-ring (bicyclic) bond motifs is 1. The molecule has 1 aliphatic rings. The first-order valence-electron chi connectivity index (χ1n) is 6.41. The van der Waals surface area contributed by atoms with Gasteiger partial charge in [0.05, 0.1) is 0 Å². The highest BCUT2D eigenvalue weighted by Crippen LogP contribution is 2.32. The highest BCUT2D eigenvalue weighted by atomic mass is 16.6. The zero-order valence-corrected chi connectivity index (χ0v) is 11.3. The fourth-order valence-corrected chi connectivity index (χ4v) is 1.77. The van der Waals surface area contributed by atoms with Crippen molar-refractivity contribution in [3.05, 3.63) is 18.2 Å². The van der Waals surface area contributed by atoms with Crippen molar-refractivity contribution < 1.29 is 24.4 Å². The maximum atomic E-state index is 11.7. The van der Waals surface area contributed by atoms with E-state index in [2.05, 4.69) is 10.6 Å². The summed E-state index contributed by atoms with van der Waals surface area (Å²) in [5.41, 5.74) is 0.646. The second-order valence-electron chi connectivity index (χ2n) is 4.28. The molecule has 7 nitrogen and oxygen atoms in total. The smallest absolute Gasteiger partial charge is 0.279 e. The van der Waals surface area contributed by atoms with Gasteiger partial charge < -0.3 is 25.4 Å². The van der Waals surface area contributed by atoms with Crippen molar-refractivity contribution in [2.24, 2.45) is 0 Å². The number of hydrogen-bond donors (Lipinski definition) is 3. The molecule has 108 valence electrons. The van der Waals surface area contributed by atoms with E-state index in [9.17, 15) is 9.59 Å². The van der Waals surface area contributed by atoms with Crippen LogP contribution in [0.4, 0.5) is 5.69 Å². The van der Waals surface area contributed by atoms with Gasteiger partial charge in [0.15, 0.2) is 24.6 Å². The molecule has 0 saturated heterocycles. The number of amides is 2. The fourth-order valence-electron chi connectivity index (χ4n) is 1.77. The summed E-state index contributed by atoms with van der Waals surface area (Å²) in [4.78, 5) is 22.7. The van der Waals surface area contributed by atoms with Crippen LogP contribution in [-0.4, -0.2) is 45.2 Å². The van der Waals surface area contributed by atoms with Crippen LogP contribution in [0.5, 0.6) is 11.5 Å². The Labute approximate surface area is 116 Å². The second-order valence-corrected chi connectivity index (χ2v) is 4.28. The lowest BCUT2D eigenvalue weighted by Gasteiger charge is -2.18. The molecule has 0 aromatic heterocycles. The molecule has 20 heavy (non-hydrogen) atoms. The van der Waals surface area contributed by atoms with Crippen LogP contribution in [0.3, 0.4) is 0 Å². The van der Waals surface area contributed by atoms with Gasteiger partial charge in [-0.15, -0.1) is 0 Å². The Morgan fingerprint density at radius 1 is 1.15 bits per heavy atom. The number of ether oxygens (including phenoxy) is 2. The molecule has 1 aromatic carbocycles. The van der Waals surface area contributed by atoms with Crippen LogP contribution >= 0.6 is 0 Å². The Balaban J connectivity index is 1.83. The number of rotatable bonds is 5. The van der Waals surface area contributed by atoms with Crippen LogP contribution in [0.2, 0.25) is 0 Å². The van der Waals surface area contributed by atoms with E-state index in [4.69, 9.17) is 9.47 Å². The second kappa shape index (κ2) is 6.76. The van der Waals surface area contributed by atoms with E-state index in [1.54, 1.807) is 30.6 Å². The SMILES string of the molecule is CNC(=O)C[NH2+]CC(=O)Nc1ccc2c(c1)OCCO2. The standard InChI is InChI=1S/C13H17N3O4/c1-14-12(17)7-15-8-13(18)16-9-2-3-10-11(6-9)20-5-4-19-10/h2-3,6,15H,4-5,7-8H2,1H3,(H,14,17)(H,16,18)/p+1. The first-order chi connectivity index (χ1) is 9.69. The number of carbonyl (C=O) groups excluding carboxylic acids is 2. The Bertz CT molecular complexity index is 504. The maximum Gasteiger partial charge on any atom is 0.279 e. The van der Waals surface area contributed by atoms with Gasteiger partial charge in [-0.25, -0.2) is 0 Å². The summed E-state index contributed by atoms with van der Waals surface area (Å²) >= 11 is 0. The molecule has 0 atom stereocenters. The van der Waals surface area contributed by atoms with E-state index in [0.29, 0.717) is 30.4 Å². The quantitative estimate of drug-likeness (QED) is 0.625. The predicted octanol–water partition coefficient (Wildman–Crippen LogP) is -1.29. The third-order valence-electron chi connectivity index (χ3n) is 2.76. The first kappa shape index (κ1) is 14.1. The molecule has 0 radical (unpaired) electrons. The minimum Gasteiger partial charge on any atom is -0.486 e. The van der Waals surface area contributed by atoms with Gasteiger partial charge in [0.25, 0.3) is 11.8 Å². The highest BCUT2D eigenvalue weighted by Gasteiger charge is 2.13. The van der Waals surface area contributed by atoms with Gasteiger partial charge in [-0.3, -0.25) is 9.59 Å². The molecule has 1 aliphatic heterocycles. The molecule has 0 saturated carbocycles. The minimum absolute atomic E-state index is 0.114. The largest absolute Gasteiger partial charge is 0.486 e. The van der Waals surface area contributed by atoms with E-state index in [1.807, 2.05) is 0 Å². The number of carbonyl (C=O) groups is 2. The summed E-state index contributed by atoms with van der Waals surface area (Å²) in [6, 6.07) is 5.24. The molecule has 0 bridgehead atoms. The lowest BCUT2D eigenvalue weighted by molar-refractivity contribution is -0.632. The van der Waals surface area contributed by atoms with Crippen molar-refractivity contribution in [1.82, 2.24) is 5.32 Å². The van der Waals surface area contributed by atoms with Crippen LogP contribution in [0.25, 0.3) is 0 Å². The monoisotopic (exact) mass is 280 g/mol. The van der Waals surface area contributed by atoms with Crippen molar-refractivity contribution >= 4 is 17.5 Å². The summed E-state index contributed by atoms with van der Waals surface area (Å²) in [5, 5.41) is 6.87. The molecule has 0 fully saturated rings. The number of nitrogens with one attached hydrogen (secondary N) is 2. The Morgan fingerprint density at radius 2 is 1.85 bits per heavy atom. The average Bonchev–Trinajstić information content (AvgIpc) is 2.47. The van der Waals surface area contributed by atoms with Crippen molar-refractivity contribution in [3.8, 4) is 11.5 Å². The summed E-state index contributed by atoms with van der Waals surface area (Å²) in [5.74, 6) is 1.02. The lowest BCUT2D eigenvalue weighted by Crippen LogP contribution is -2.88. The zero-order valence-electron chi connectivity index (χ0n) is 11.3. The van der Waals surface area contributed by atoms with Crippen molar-refractivity contribution in [1.29, 1.82) is 0 Å². The summed E-state index contributed by atoms with van der Waals surface area (Å²) in [7, 11) is 1.56. The molecule has 0 spiro atoms. The minimum atomic E-state index is -0.175. The van der Waals surface area contributed by atoms with Crippen LogP contribution < -0.4 is 25.4 Å². The number of likely N-dealkylation sites (N-methyl/N-ethyl adjacent to an activating group) is 1. The predicted molar refractivity (Wildman–Crippen MR) is 71.8 cm³/mol. The number of benzene rings is 1. The van der Waals surface area contributed by atoms with Gasteiger partial charge >= 0.3 is 0 Å². The molecule has 0 unspecified atom stereocenters. The van der Waals surface area contributed by atoms with Gasteiger partial charge in [-0.1, -0.05) is 0 Å². The molecule has 1 aromatic rings. The van der Waals surface area contributed by atoms with E-state index < -0.39 is 0 Å². The van der Waals surface area contributed by atoms with Gasteiger partial charge in [-0.2, -0.15) is 0 Å². The number of hydrogen-bond acceptors (Lipinski definition) is 4. The molecular formula is C13H18N3O4+. The topological polar surface area (TPSA) is 93.3 Å². The molecule has 7 heteroatoms. The van der Waals surface area contributed by atoms with Crippen LogP contribution in [0, 0.1) is 0 Å². The Kier molecular flexibility index (Phi) is 4.78. The molecule has 0 aliphatic carbocycles. The van der Waals surface area contributed by atoms with E-state index in [-0.39, 0.29) is 24.9 Å². The first-order valence-corrected chi connectivity index (χ1v) is 6.41. The highest BCUT2D eigenvalue weighted by molar-refractivity contribution is 5.91. The fraction of sp³-hybridized carbons (Fsp3) is 0.385. The Morgan fingerprint density at radius 3 is 2.60 bits per heavy atom. The maximum absolute atomic E-state index is 11.7. The van der Waals surface area contributed by atoms with Crippen LogP contribution in [0.1, 0.15) is 0 Å². The number of quaternary nitrogens is 1. The van der Waals surface area contributed by atoms with Crippen LogP contribution in [0.15, 0.2) is 18.2 Å². The molecule has 2 rings (SSSR count). The van der Waals surface area contributed by atoms with Crippen molar-refractivity contribution in [2.45, 2.75) is 0 Å². The summed E-state index contributed by atoms with van der Waals surface area (Å²) < 4.78 is 10.8. The van der Waals surface area contributed by atoms with Gasteiger partial charge in [0.2, 0.25) is 0 Å². The van der Waals surface area contributed by atoms with E-state index >= 15 is 0 Å². The van der Waals surface area contributed by atoms with E-state index in [1.165, 1.54) is 0 Å². The van der Waals surface area contributed by atoms with Crippen molar-refractivity contribution in [3.63, 3.8) is 0 Å².